The van der Waals surface area contributed by atoms with Crippen molar-refractivity contribution in [3.05, 3.63) is 71.0 Å². The molecule has 1 amide bonds. The van der Waals surface area contributed by atoms with Crippen molar-refractivity contribution in [3.63, 3.8) is 0 Å². The van der Waals surface area contributed by atoms with E-state index in [9.17, 15) is 9.18 Å². The molecule has 0 aliphatic carbocycles. The van der Waals surface area contributed by atoms with Gasteiger partial charge in [0.2, 0.25) is 5.91 Å². The first-order valence-corrected chi connectivity index (χ1v) is 9.64. The van der Waals surface area contributed by atoms with Gasteiger partial charge in [-0.15, -0.1) is 0 Å². The average Bonchev–Trinajstić information content (AvgIpc) is 2.94. The van der Waals surface area contributed by atoms with Gasteiger partial charge in [-0.1, -0.05) is 30.3 Å². The van der Waals surface area contributed by atoms with Crippen LogP contribution in [0.1, 0.15) is 23.1 Å². The third kappa shape index (κ3) is 5.20. The van der Waals surface area contributed by atoms with E-state index in [1.54, 1.807) is 18.2 Å². The molecule has 0 saturated carbocycles. The number of hydrogen-bond donors (Lipinski definition) is 0. The Morgan fingerprint density at radius 2 is 1.96 bits per heavy atom. The van der Waals surface area contributed by atoms with Crippen LogP contribution in [-0.4, -0.2) is 49.0 Å². The number of hydrogen-bond acceptors (Lipinski definition) is 3. The Balaban J connectivity index is 1.56. The molecule has 1 saturated heterocycles. The van der Waals surface area contributed by atoms with Crippen molar-refractivity contribution in [2.24, 2.45) is 0 Å². The topological polar surface area (TPSA) is 32.8 Å². The zero-order chi connectivity index (χ0) is 19.9. The van der Waals surface area contributed by atoms with Gasteiger partial charge in [0.1, 0.15) is 0 Å². The van der Waals surface area contributed by atoms with Gasteiger partial charge in [-0.25, -0.2) is 4.39 Å². The van der Waals surface area contributed by atoms with Crippen molar-refractivity contribution >= 4 is 12.0 Å². The predicted octanol–water partition coefficient (Wildman–Crippen LogP) is 3.89. The Hall–Kier alpha value is -2.66. The van der Waals surface area contributed by atoms with E-state index < -0.39 is 5.82 Å². The lowest BCUT2D eigenvalue weighted by molar-refractivity contribution is -0.125. The third-order valence-electron chi connectivity index (χ3n) is 5.15. The summed E-state index contributed by atoms with van der Waals surface area (Å²) < 4.78 is 18.7. The molecule has 3 rings (SSSR count). The summed E-state index contributed by atoms with van der Waals surface area (Å²) in [6.45, 7) is 6.32. The third-order valence-corrected chi connectivity index (χ3v) is 5.15. The maximum atomic E-state index is 13.8. The molecule has 1 aliphatic rings. The van der Waals surface area contributed by atoms with E-state index in [-0.39, 0.29) is 11.7 Å². The van der Waals surface area contributed by atoms with E-state index in [2.05, 4.69) is 36.1 Å². The van der Waals surface area contributed by atoms with Crippen LogP contribution in [0.15, 0.2) is 48.5 Å². The molecular formula is C23H27FN2O2. The summed E-state index contributed by atoms with van der Waals surface area (Å²) in [5, 5.41) is 0. The summed E-state index contributed by atoms with van der Waals surface area (Å²) in [4.78, 5) is 16.8. The molecule has 1 fully saturated rings. The van der Waals surface area contributed by atoms with E-state index >= 15 is 0 Å². The summed E-state index contributed by atoms with van der Waals surface area (Å²) in [5.41, 5.74) is 3.28. The fourth-order valence-corrected chi connectivity index (χ4v) is 3.44. The number of benzene rings is 2. The highest BCUT2D eigenvalue weighted by Crippen LogP contribution is 2.18. The molecule has 1 heterocycles. The minimum atomic E-state index is -0.432. The van der Waals surface area contributed by atoms with Gasteiger partial charge in [0.05, 0.1) is 7.11 Å². The SMILES string of the molecule is COc1ccc(/C=C/C(=O)N2CCCN(Cc3ccccc3C)CC2)cc1F. The Kier molecular flexibility index (Phi) is 6.82. The van der Waals surface area contributed by atoms with Gasteiger partial charge in [0.15, 0.2) is 11.6 Å². The van der Waals surface area contributed by atoms with Gasteiger partial charge in [-0.05, 0) is 48.2 Å². The smallest absolute Gasteiger partial charge is 0.246 e. The molecule has 4 nitrogen and oxygen atoms in total. The summed E-state index contributed by atoms with van der Waals surface area (Å²) >= 11 is 0. The molecular weight excluding hydrogens is 355 g/mol. The zero-order valence-electron chi connectivity index (χ0n) is 16.5. The normalized spacial score (nSPS) is 15.6. The van der Waals surface area contributed by atoms with Crippen molar-refractivity contribution in [3.8, 4) is 5.75 Å². The summed E-state index contributed by atoms with van der Waals surface area (Å²) in [5.74, 6) is -0.266. The van der Waals surface area contributed by atoms with E-state index in [0.717, 1.165) is 32.6 Å². The molecule has 0 atom stereocenters. The number of carbonyl (C=O) groups is 1. The van der Waals surface area contributed by atoms with Crippen LogP contribution in [0, 0.1) is 12.7 Å². The van der Waals surface area contributed by atoms with Crippen LogP contribution in [-0.2, 0) is 11.3 Å². The Bertz CT molecular complexity index is 850. The van der Waals surface area contributed by atoms with Crippen LogP contribution >= 0.6 is 0 Å². The monoisotopic (exact) mass is 382 g/mol. The van der Waals surface area contributed by atoms with Crippen molar-refractivity contribution < 1.29 is 13.9 Å². The lowest BCUT2D eigenvalue weighted by atomic mass is 10.1. The number of carbonyl (C=O) groups excluding carboxylic acids is 1. The molecule has 0 bridgehead atoms. The van der Waals surface area contributed by atoms with Crippen molar-refractivity contribution in [2.45, 2.75) is 19.9 Å². The second kappa shape index (κ2) is 9.51. The highest BCUT2D eigenvalue weighted by molar-refractivity contribution is 5.91. The predicted molar refractivity (Wildman–Crippen MR) is 110 cm³/mol. The number of ether oxygens (including phenoxy) is 1. The Labute approximate surface area is 166 Å². The van der Waals surface area contributed by atoms with Gasteiger partial charge in [-0.3, -0.25) is 9.69 Å². The van der Waals surface area contributed by atoms with Gasteiger partial charge < -0.3 is 9.64 Å². The molecule has 2 aromatic rings. The largest absolute Gasteiger partial charge is 0.494 e. The average molecular weight is 382 g/mol. The van der Waals surface area contributed by atoms with E-state index in [1.807, 2.05) is 4.90 Å². The summed E-state index contributed by atoms with van der Waals surface area (Å²) in [7, 11) is 1.43. The molecule has 2 aromatic carbocycles. The second-order valence-electron chi connectivity index (χ2n) is 7.11. The molecule has 5 heteroatoms. The van der Waals surface area contributed by atoms with Gasteiger partial charge in [-0.2, -0.15) is 0 Å². The van der Waals surface area contributed by atoms with Crippen molar-refractivity contribution in [1.82, 2.24) is 9.80 Å². The standard InChI is InChI=1S/C23H27FN2O2/c1-18-6-3-4-7-20(18)17-25-12-5-13-26(15-14-25)23(27)11-9-19-8-10-22(28-2)21(24)16-19/h3-4,6-11,16H,5,12-15,17H2,1-2H3/b11-9+. The fourth-order valence-electron chi connectivity index (χ4n) is 3.44. The fraction of sp³-hybridized carbons (Fsp3) is 0.348. The van der Waals surface area contributed by atoms with Crippen LogP contribution in [0.25, 0.3) is 6.08 Å². The number of rotatable bonds is 5. The van der Waals surface area contributed by atoms with E-state index in [4.69, 9.17) is 4.74 Å². The van der Waals surface area contributed by atoms with E-state index in [0.29, 0.717) is 12.1 Å². The Morgan fingerprint density at radius 3 is 2.71 bits per heavy atom. The van der Waals surface area contributed by atoms with Gasteiger partial charge in [0.25, 0.3) is 0 Å². The maximum Gasteiger partial charge on any atom is 0.246 e. The quantitative estimate of drug-likeness (QED) is 0.736. The first-order chi connectivity index (χ1) is 13.6. The molecule has 0 spiro atoms. The highest BCUT2D eigenvalue weighted by atomic mass is 19.1. The minimum absolute atomic E-state index is 0.0334. The van der Waals surface area contributed by atoms with E-state index in [1.165, 1.54) is 30.4 Å². The number of halogens is 1. The molecule has 28 heavy (non-hydrogen) atoms. The first kappa shape index (κ1) is 20.1. The lowest BCUT2D eigenvalue weighted by Crippen LogP contribution is -2.34. The van der Waals surface area contributed by atoms with Crippen LogP contribution in [0.2, 0.25) is 0 Å². The summed E-state index contributed by atoms with van der Waals surface area (Å²) in [6, 6.07) is 13.1. The highest BCUT2D eigenvalue weighted by Gasteiger charge is 2.18. The number of methoxy groups -OCH3 is 1. The van der Waals surface area contributed by atoms with Crippen molar-refractivity contribution in [2.75, 3.05) is 33.3 Å². The number of aryl methyl sites for hydroxylation is 1. The van der Waals surface area contributed by atoms with Crippen LogP contribution in [0.3, 0.4) is 0 Å². The van der Waals surface area contributed by atoms with Gasteiger partial charge >= 0.3 is 0 Å². The molecule has 1 aliphatic heterocycles. The maximum absolute atomic E-state index is 13.8. The minimum Gasteiger partial charge on any atom is -0.494 e. The lowest BCUT2D eigenvalue weighted by Gasteiger charge is -2.22. The van der Waals surface area contributed by atoms with Crippen molar-refractivity contribution in [1.29, 1.82) is 0 Å². The second-order valence-corrected chi connectivity index (χ2v) is 7.11. The molecule has 0 radical (unpaired) electrons. The van der Waals surface area contributed by atoms with Gasteiger partial charge in [0, 0.05) is 38.8 Å². The number of nitrogens with zero attached hydrogens (tertiary/aromatic N) is 2. The van der Waals surface area contributed by atoms with Crippen LogP contribution in [0.5, 0.6) is 5.75 Å². The molecule has 0 aromatic heterocycles. The first-order valence-electron chi connectivity index (χ1n) is 9.64. The molecule has 0 unspecified atom stereocenters. The summed E-state index contributed by atoms with van der Waals surface area (Å²) in [6.07, 6.45) is 4.13. The van der Waals surface area contributed by atoms with Crippen LogP contribution in [0.4, 0.5) is 4.39 Å². The molecule has 148 valence electrons. The number of amides is 1. The Morgan fingerprint density at radius 1 is 1.14 bits per heavy atom. The van der Waals surface area contributed by atoms with Crippen LogP contribution < -0.4 is 4.74 Å². The zero-order valence-corrected chi connectivity index (χ0v) is 16.5. The molecule has 0 N–H and O–H groups in total.